The molecule has 0 aromatic heterocycles. The minimum Gasteiger partial charge on any atom is -0.504 e. The van der Waals surface area contributed by atoms with Crippen molar-refractivity contribution in [1.82, 2.24) is 0 Å². The van der Waals surface area contributed by atoms with Crippen molar-refractivity contribution in [2.24, 2.45) is 0 Å². The van der Waals surface area contributed by atoms with E-state index in [1.807, 2.05) is 6.07 Å². The van der Waals surface area contributed by atoms with E-state index >= 15 is 0 Å². The van der Waals surface area contributed by atoms with E-state index in [1.54, 1.807) is 0 Å². The Bertz CT molecular complexity index is 374. The zero-order chi connectivity index (χ0) is 10.6. The molecule has 1 aromatic rings. The van der Waals surface area contributed by atoms with Gasteiger partial charge >= 0.3 is 0 Å². The maximum Gasteiger partial charge on any atom is 0.158 e. The minimum absolute atomic E-state index is 0.0236. The zero-order valence-corrected chi connectivity index (χ0v) is 8.04. The molecule has 74 valence electrons. The lowest BCUT2D eigenvalue weighted by atomic mass is 10.2. The van der Waals surface area contributed by atoms with Gasteiger partial charge in [-0.15, -0.1) is 0 Å². The lowest BCUT2D eigenvalue weighted by molar-refractivity contribution is 0.311. The Morgan fingerprint density at radius 1 is 1.50 bits per heavy atom. The third kappa shape index (κ3) is 2.08. The lowest BCUT2D eigenvalue weighted by Gasteiger charge is -2.08. The molecule has 0 spiro atoms. The molecule has 1 rings (SSSR count). The molecule has 0 atom stereocenters. The van der Waals surface area contributed by atoms with Crippen molar-refractivity contribution in [3.63, 3.8) is 0 Å². The topological polar surface area (TPSA) is 76.3 Å². The number of benzene rings is 1. The summed E-state index contributed by atoms with van der Waals surface area (Å²) in [6, 6.07) is 4.89. The van der Waals surface area contributed by atoms with E-state index in [0.29, 0.717) is 12.2 Å². The summed E-state index contributed by atoms with van der Waals surface area (Å²) in [7, 11) is 0. The van der Waals surface area contributed by atoms with Crippen LogP contribution in [0.3, 0.4) is 0 Å². The van der Waals surface area contributed by atoms with E-state index in [0.717, 1.165) is 0 Å². The van der Waals surface area contributed by atoms with Crippen LogP contribution < -0.4 is 5.32 Å². The molecule has 3 N–H and O–H groups in total. The Morgan fingerprint density at radius 2 is 2.21 bits per heavy atom. The van der Waals surface area contributed by atoms with E-state index in [1.165, 1.54) is 12.1 Å². The Hall–Kier alpha value is -1.44. The number of anilines is 1. The van der Waals surface area contributed by atoms with Crippen molar-refractivity contribution in [2.45, 2.75) is 0 Å². The van der Waals surface area contributed by atoms with Crippen LogP contribution in [0.15, 0.2) is 12.1 Å². The van der Waals surface area contributed by atoms with Gasteiger partial charge in [-0.2, -0.15) is 5.26 Å². The molecule has 0 unspecified atom stereocenters. The maximum atomic E-state index is 9.51. The summed E-state index contributed by atoms with van der Waals surface area (Å²) < 4.78 is 0. The summed E-state index contributed by atoms with van der Waals surface area (Å²) in [5.41, 5.74) is 0.627. The average molecular weight is 213 g/mol. The number of nitriles is 1. The summed E-state index contributed by atoms with van der Waals surface area (Å²) in [5.74, 6) is -0.167. The molecule has 0 bridgehead atoms. The molecule has 0 amide bonds. The number of hydrogen-bond acceptors (Lipinski definition) is 4. The second kappa shape index (κ2) is 4.70. The van der Waals surface area contributed by atoms with Gasteiger partial charge in [0.1, 0.15) is 11.1 Å². The number of aliphatic hydroxyl groups excluding tert-OH is 1. The van der Waals surface area contributed by atoms with E-state index in [-0.39, 0.29) is 22.9 Å². The SMILES string of the molecule is N#Cc1ccc(NCCO)c(O)c1Cl. The van der Waals surface area contributed by atoms with E-state index in [2.05, 4.69) is 5.32 Å². The molecule has 5 heteroatoms. The number of halogens is 1. The minimum atomic E-state index is -0.167. The predicted octanol–water partition coefficient (Wildman–Crippen LogP) is 1.32. The molecule has 0 aliphatic rings. The highest BCUT2D eigenvalue weighted by Gasteiger charge is 2.09. The summed E-state index contributed by atoms with van der Waals surface area (Å²) in [4.78, 5) is 0. The van der Waals surface area contributed by atoms with Gasteiger partial charge in [0.15, 0.2) is 5.75 Å². The van der Waals surface area contributed by atoms with E-state index < -0.39 is 0 Å². The van der Waals surface area contributed by atoms with Crippen LogP contribution in [0, 0.1) is 11.3 Å². The zero-order valence-electron chi connectivity index (χ0n) is 7.29. The van der Waals surface area contributed by atoms with Gasteiger partial charge in [-0.05, 0) is 12.1 Å². The van der Waals surface area contributed by atoms with Gasteiger partial charge in [-0.25, -0.2) is 0 Å². The Labute approximate surface area is 86.4 Å². The quantitative estimate of drug-likeness (QED) is 0.661. The van der Waals surface area contributed by atoms with Crippen molar-refractivity contribution < 1.29 is 10.2 Å². The molecule has 0 saturated heterocycles. The van der Waals surface area contributed by atoms with Crippen LogP contribution in [0.25, 0.3) is 0 Å². The van der Waals surface area contributed by atoms with Gasteiger partial charge in [0.25, 0.3) is 0 Å². The summed E-state index contributed by atoms with van der Waals surface area (Å²) in [5, 5.41) is 29.5. The number of phenols is 1. The first-order valence-electron chi connectivity index (χ1n) is 3.97. The summed E-state index contributed by atoms with van der Waals surface area (Å²) in [6.45, 7) is 0.271. The largest absolute Gasteiger partial charge is 0.504 e. The molecule has 14 heavy (non-hydrogen) atoms. The highest BCUT2D eigenvalue weighted by atomic mass is 35.5. The van der Waals surface area contributed by atoms with E-state index in [4.69, 9.17) is 22.0 Å². The first-order valence-corrected chi connectivity index (χ1v) is 4.34. The number of aromatic hydroxyl groups is 1. The molecule has 0 heterocycles. The summed E-state index contributed by atoms with van der Waals surface area (Å²) >= 11 is 5.70. The first-order chi connectivity index (χ1) is 6.70. The van der Waals surface area contributed by atoms with Crippen LogP contribution >= 0.6 is 11.6 Å². The van der Waals surface area contributed by atoms with Crippen LogP contribution in [0.2, 0.25) is 5.02 Å². The number of hydrogen-bond donors (Lipinski definition) is 3. The third-order valence-electron chi connectivity index (χ3n) is 1.66. The lowest BCUT2D eigenvalue weighted by Crippen LogP contribution is -2.05. The first kappa shape index (κ1) is 10.6. The second-order valence-corrected chi connectivity index (χ2v) is 2.96. The maximum absolute atomic E-state index is 9.51. The number of rotatable bonds is 3. The van der Waals surface area contributed by atoms with Crippen molar-refractivity contribution in [3.05, 3.63) is 22.7 Å². The van der Waals surface area contributed by atoms with Gasteiger partial charge < -0.3 is 15.5 Å². The number of nitrogens with zero attached hydrogens (tertiary/aromatic N) is 1. The molecule has 0 radical (unpaired) electrons. The fourth-order valence-electron chi connectivity index (χ4n) is 0.984. The Kier molecular flexibility index (Phi) is 3.57. The molecule has 0 saturated carbocycles. The Balaban J connectivity index is 3.00. The van der Waals surface area contributed by atoms with Gasteiger partial charge in [0.2, 0.25) is 0 Å². The highest BCUT2D eigenvalue weighted by molar-refractivity contribution is 6.33. The number of phenolic OH excluding ortho intramolecular Hbond substituents is 1. The number of nitrogens with one attached hydrogen (secondary N) is 1. The average Bonchev–Trinajstić information content (AvgIpc) is 2.20. The van der Waals surface area contributed by atoms with Crippen LogP contribution in [0.5, 0.6) is 5.75 Å². The molecule has 1 aromatic carbocycles. The smallest absolute Gasteiger partial charge is 0.158 e. The van der Waals surface area contributed by atoms with Crippen molar-refractivity contribution in [2.75, 3.05) is 18.5 Å². The highest BCUT2D eigenvalue weighted by Crippen LogP contribution is 2.34. The molecular weight excluding hydrogens is 204 g/mol. The third-order valence-corrected chi connectivity index (χ3v) is 2.05. The fraction of sp³-hybridized carbons (Fsp3) is 0.222. The predicted molar refractivity (Wildman–Crippen MR) is 53.4 cm³/mol. The molecule has 0 aliphatic carbocycles. The van der Waals surface area contributed by atoms with E-state index in [9.17, 15) is 5.11 Å². The summed E-state index contributed by atoms with van der Waals surface area (Å²) in [6.07, 6.45) is 0. The van der Waals surface area contributed by atoms with Crippen molar-refractivity contribution in [3.8, 4) is 11.8 Å². The normalized spacial score (nSPS) is 9.50. The van der Waals surface area contributed by atoms with Gasteiger partial charge in [0, 0.05) is 6.54 Å². The van der Waals surface area contributed by atoms with Crippen molar-refractivity contribution >= 4 is 17.3 Å². The fourth-order valence-corrected chi connectivity index (χ4v) is 1.19. The molecular formula is C9H9ClN2O2. The molecule has 0 fully saturated rings. The van der Waals surface area contributed by atoms with Gasteiger partial charge in [0.05, 0.1) is 17.9 Å². The standard InChI is InChI=1S/C9H9ClN2O2/c10-8-6(5-11)1-2-7(9(8)14)12-3-4-13/h1-2,12-14H,3-4H2. The molecule has 0 aliphatic heterocycles. The Morgan fingerprint density at radius 3 is 2.79 bits per heavy atom. The van der Waals surface area contributed by atoms with Crippen molar-refractivity contribution in [1.29, 1.82) is 5.26 Å². The van der Waals surface area contributed by atoms with Crippen LogP contribution in [-0.4, -0.2) is 23.4 Å². The second-order valence-electron chi connectivity index (χ2n) is 2.59. The molecule has 4 nitrogen and oxygen atoms in total. The van der Waals surface area contributed by atoms with Crippen LogP contribution in [0.1, 0.15) is 5.56 Å². The van der Waals surface area contributed by atoms with Gasteiger partial charge in [-0.3, -0.25) is 0 Å². The number of aliphatic hydroxyl groups is 1. The van der Waals surface area contributed by atoms with Crippen LogP contribution in [0.4, 0.5) is 5.69 Å². The monoisotopic (exact) mass is 212 g/mol. The van der Waals surface area contributed by atoms with Crippen LogP contribution in [-0.2, 0) is 0 Å². The van der Waals surface area contributed by atoms with Gasteiger partial charge in [-0.1, -0.05) is 11.6 Å².